The van der Waals surface area contributed by atoms with Crippen LogP contribution in [0.1, 0.15) is 25.6 Å². The van der Waals surface area contributed by atoms with E-state index in [0.29, 0.717) is 11.9 Å². The molecule has 0 aromatic carbocycles. The first-order chi connectivity index (χ1) is 8.24. The van der Waals surface area contributed by atoms with Crippen molar-refractivity contribution in [2.75, 3.05) is 12.3 Å². The second kappa shape index (κ2) is 4.23. The van der Waals surface area contributed by atoms with Crippen LogP contribution in [0.25, 0.3) is 10.2 Å². The average Bonchev–Trinajstić information content (AvgIpc) is 2.89. The molecule has 4 nitrogen and oxygen atoms in total. The molecule has 3 rings (SSSR count). The lowest BCUT2D eigenvalue weighted by atomic mass is 10.2. The number of anilines is 1. The topological polar surface area (TPSA) is 55.0 Å². The Hall–Kier alpha value is -1.20. The summed E-state index contributed by atoms with van der Waals surface area (Å²) in [5.41, 5.74) is 5.95. The highest BCUT2D eigenvalue weighted by Crippen LogP contribution is 2.24. The molecular weight excluding hydrogens is 232 g/mol. The van der Waals surface area contributed by atoms with Gasteiger partial charge in [0, 0.05) is 6.04 Å². The highest BCUT2D eigenvalue weighted by molar-refractivity contribution is 7.16. The maximum Gasteiger partial charge on any atom is 0.146 e. The van der Waals surface area contributed by atoms with Crippen molar-refractivity contribution in [2.45, 2.75) is 32.4 Å². The number of nitrogens with two attached hydrogens (primary N) is 1. The highest BCUT2D eigenvalue weighted by Gasteiger charge is 2.21. The smallest absolute Gasteiger partial charge is 0.146 e. The van der Waals surface area contributed by atoms with Gasteiger partial charge in [0.1, 0.15) is 16.5 Å². The molecule has 17 heavy (non-hydrogen) atoms. The zero-order valence-corrected chi connectivity index (χ0v) is 10.7. The number of nitrogen functional groups attached to an aromatic ring is 1. The molecule has 0 saturated carbocycles. The van der Waals surface area contributed by atoms with Crippen molar-refractivity contribution in [3.63, 3.8) is 0 Å². The average molecular weight is 248 g/mol. The van der Waals surface area contributed by atoms with Gasteiger partial charge in [0.2, 0.25) is 0 Å². The fraction of sp³-hybridized carbons (Fsp3) is 0.500. The Kier molecular flexibility index (Phi) is 2.72. The molecular formula is C12H16N4S. The normalized spacial score (nSPS) is 21.4. The number of hydrogen-bond donors (Lipinski definition) is 1. The van der Waals surface area contributed by atoms with Crippen LogP contribution < -0.4 is 5.73 Å². The Labute approximate surface area is 104 Å². The van der Waals surface area contributed by atoms with Crippen LogP contribution in [-0.4, -0.2) is 27.5 Å². The van der Waals surface area contributed by atoms with Crippen LogP contribution in [0.3, 0.4) is 0 Å². The lowest BCUT2D eigenvalue weighted by molar-refractivity contribution is 0.254. The van der Waals surface area contributed by atoms with Gasteiger partial charge in [-0.3, -0.25) is 4.90 Å². The van der Waals surface area contributed by atoms with Crippen molar-refractivity contribution < 1.29 is 0 Å². The van der Waals surface area contributed by atoms with Crippen molar-refractivity contribution in [1.82, 2.24) is 14.9 Å². The van der Waals surface area contributed by atoms with Gasteiger partial charge in [-0.25, -0.2) is 9.97 Å². The predicted octanol–water partition coefficient (Wildman–Crippen LogP) is 2.26. The first-order valence-electron chi connectivity index (χ1n) is 5.97. The molecule has 1 unspecified atom stereocenters. The number of hydrogen-bond acceptors (Lipinski definition) is 5. The first kappa shape index (κ1) is 10.9. The van der Waals surface area contributed by atoms with Crippen LogP contribution in [0.15, 0.2) is 11.4 Å². The van der Waals surface area contributed by atoms with Crippen molar-refractivity contribution in [3.05, 3.63) is 17.3 Å². The molecule has 1 fully saturated rings. The summed E-state index contributed by atoms with van der Waals surface area (Å²) in [5.74, 6) is 1.46. The van der Waals surface area contributed by atoms with Gasteiger partial charge in [0.15, 0.2) is 0 Å². The maximum atomic E-state index is 5.95. The van der Waals surface area contributed by atoms with Crippen LogP contribution in [0.4, 0.5) is 5.82 Å². The SMILES string of the molecule is CC1CCCN1Cc1nc(N)c2ccsc2n1. The number of rotatable bonds is 2. The van der Waals surface area contributed by atoms with Crippen LogP contribution in [0.2, 0.25) is 0 Å². The molecule has 5 heteroatoms. The van der Waals surface area contributed by atoms with E-state index < -0.39 is 0 Å². The van der Waals surface area contributed by atoms with E-state index in [2.05, 4.69) is 21.8 Å². The summed E-state index contributed by atoms with van der Waals surface area (Å²) in [4.78, 5) is 12.4. The number of aromatic nitrogens is 2. The first-order valence-corrected chi connectivity index (χ1v) is 6.85. The van der Waals surface area contributed by atoms with E-state index in [1.54, 1.807) is 11.3 Å². The lowest BCUT2D eigenvalue weighted by Gasteiger charge is -2.19. The van der Waals surface area contributed by atoms with Gasteiger partial charge in [-0.05, 0) is 37.8 Å². The van der Waals surface area contributed by atoms with Gasteiger partial charge >= 0.3 is 0 Å². The molecule has 1 aliphatic rings. The summed E-state index contributed by atoms with van der Waals surface area (Å²) in [7, 11) is 0. The Morgan fingerprint density at radius 2 is 2.41 bits per heavy atom. The van der Waals surface area contributed by atoms with Crippen molar-refractivity contribution in [3.8, 4) is 0 Å². The Balaban J connectivity index is 1.89. The third kappa shape index (κ3) is 2.00. The van der Waals surface area contributed by atoms with Crippen LogP contribution in [-0.2, 0) is 6.54 Å². The van der Waals surface area contributed by atoms with E-state index in [4.69, 9.17) is 5.73 Å². The largest absolute Gasteiger partial charge is 0.383 e. The molecule has 2 N–H and O–H groups in total. The maximum absolute atomic E-state index is 5.95. The van der Waals surface area contributed by atoms with Gasteiger partial charge in [-0.2, -0.15) is 0 Å². The molecule has 0 aliphatic carbocycles. The molecule has 3 heterocycles. The van der Waals surface area contributed by atoms with Gasteiger partial charge in [0.25, 0.3) is 0 Å². The monoisotopic (exact) mass is 248 g/mol. The summed E-state index contributed by atoms with van der Waals surface area (Å²) < 4.78 is 0. The van der Waals surface area contributed by atoms with E-state index >= 15 is 0 Å². The minimum Gasteiger partial charge on any atom is -0.383 e. The molecule has 0 radical (unpaired) electrons. The van der Waals surface area contributed by atoms with Crippen LogP contribution in [0.5, 0.6) is 0 Å². The fourth-order valence-electron chi connectivity index (χ4n) is 2.40. The molecule has 1 aliphatic heterocycles. The summed E-state index contributed by atoms with van der Waals surface area (Å²) in [6, 6.07) is 2.62. The summed E-state index contributed by atoms with van der Waals surface area (Å²) in [5, 5.41) is 2.99. The summed E-state index contributed by atoms with van der Waals surface area (Å²) >= 11 is 1.62. The number of nitrogens with zero attached hydrogens (tertiary/aromatic N) is 3. The zero-order chi connectivity index (χ0) is 11.8. The van der Waals surface area contributed by atoms with E-state index in [1.165, 1.54) is 12.8 Å². The molecule has 1 saturated heterocycles. The second-order valence-electron chi connectivity index (χ2n) is 4.63. The van der Waals surface area contributed by atoms with E-state index in [9.17, 15) is 0 Å². The highest BCUT2D eigenvalue weighted by atomic mass is 32.1. The molecule has 0 spiro atoms. The minimum atomic E-state index is 0.609. The third-order valence-electron chi connectivity index (χ3n) is 3.44. The zero-order valence-electron chi connectivity index (χ0n) is 9.89. The molecule has 1 atom stereocenters. The molecule has 90 valence electrons. The lowest BCUT2D eigenvalue weighted by Crippen LogP contribution is -2.27. The number of thiophene rings is 1. The van der Waals surface area contributed by atoms with Gasteiger partial charge in [-0.15, -0.1) is 11.3 Å². The second-order valence-corrected chi connectivity index (χ2v) is 5.52. The minimum absolute atomic E-state index is 0.609. The van der Waals surface area contributed by atoms with E-state index in [-0.39, 0.29) is 0 Å². The summed E-state index contributed by atoms with van der Waals surface area (Å²) in [6.07, 6.45) is 2.55. The molecule has 2 aromatic rings. The van der Waals surface area contributed by atoms with Crippen molar-refractivity contribution >= 4 is 27.4 Å². The quantitative estimate of drug-likeness (QED) is 0.885. The van der Waals surface area contributed by atoms with Crippen LogP contribution in [0, 0.1) is 0 Å². The van der Waals surface area contributed by atoms with Gasteiger partial charge < -0.3 is 5.73 Å². The Morgan fingerprint density at radius 3 is 3.18 bits per heavy atom. The van der Waals surface area contributed by atoms with Gasteiger partial charge in [0.05, 0.1) is 11.9 Å². The van der Waals surface area contributed by atoms with Gasteiger partial charge in [-0.1, -0.05) is 0 Å². The van der Waals surface area contributed by atoms with Crippen molar-refractivity contribution in [2.24, 2.45) is 0 Å². The molecule has 0 amide bonds. The predicted molar refractivity (Wildman–Crippen MR) is 70.9 cm³/mol. The number of likely N-dealkylation sites (tertiary alicyclic amines) is 1. The third-order valence-corrected chi connectivity index (χ3v) is 4.24. The molecule has 0 bridgehead atoms. The fourth-order valence-corrected chi connectivity index (χ4v) is 3.19. The molecule has 2 aromatic heterocycles. The number of fused-ring (bicyclic) bond motifs is 1. The van der Waals surface area contributed by atoms with E-state index in [1.807, 2.05) is 11.4 Å². The van der Waals surface area contributed by atoms with Crippen LogP contribution >= 0.6 is 11.3 Å². The summed E-state index contributed by atoms with van der Waals surface area (Å²) in [6.45, 7) is 4.23. The standard InChI is InChI=1S/C12H16N4S/c1-8-3-2-5-16(8)7-10-14-11(13)9-4-6-17-12(9)15-10/h4,6,8H,2-3,5,7H2,1H3,(H2,13,14,15). The van der Waals surface area contributed by atoms with Crippen molar-refractivity contribution in [1.29, 1.82) is 0 Å². The Morgan fingerprint density at radius 1 is 1.53 bits per heavy atom. The van der Waals surface area contributed by atoms with E-state index in [0.717, 1.165) is 29.1 Å². The Bertz CT molecular complexity index is 536.